The Kier molecular flexibility index (Phi) is 5.38. The number of nitrogens with one attached hydrogen (secondary N) is 3. The lowest BCUT2D eigenvalue weighted by atomic mass is 10.2. The standard InChI is InChI=1S/C20H16ClN3O5S2/c21-14-4-6-15(7-5-14)23-30(26,27)17-3-1-2-16(12-17)24-31(28,29)18-8-9-19-13(10-18)11-20(25)22-19/h1-10,12,23-24H,11H2,(H,22,25). The summed E-state index contributed by atoms with van der Waals surface area (Å²) < 4.78 is 55.7. The zero-order valence-electron chi connectivity index (χ0n) is 15.8. The van der Waals surface area contributed by atoms with E-state index in [0.717, 1.165) is 0 Å². The van der Waals surface area contributed by atoms with Gasteiger partial charge in [0.15, 0.2) is 0 Å². The first-order chi connectivity index (χ1) is 14.6. The highest BCUT2D eigenvalue weighted by molar-refractivity contribution is 7.93. The maximum Gasteiger partial charge on any atom is 0.261 e. The van der Waals surface area contributed by atoms with Gasteiger partial charge in [-0.3, -0.25) is 14.2 Å². The first kappa shape index (κ1) is 21.2. The van der Waals surface area contributed by atoms with Crippen molar-refractivity contribution in [3.8, 4) is 0 Å². The number of rotatable bonds is 6. The molecule has 160 valence electrons. The van der Waals surface area contributed by atoms with Crippen LogP contribution in [0.15, 0.2) is 76.5 Å². The van der Waals surface area contributed by atoms with Gasteiger partial charge in [-0.15, -0.1) is 0 Å². The van der Waals surface area contributed by atoms with Gasteiger partial charge in [0.1, 0.15) is 0 Å². The minimum absolute atomic E-state index is 0.0321. The fraction of sp³-hybridized carbons (Fsp3) is 0.0500. The van der Waals surface area contributed by atoms with Crippen molar-refractivity contribution < 1.29 is 21.6 Å². The minimum atomic E-state index is -4.00. The summed E-state index contributed by atoms with van der Waals surface area (Å²) in [6.45, 7) is 0. The lowest BCUT2D eigenvalue weighted by Gasteiger charge is -2.12. The van der Waals surface area contributed by atoms with Crippen LogP contribution in [0.3, 0.4) is 0 Å². The molecule has 1 aliphatic rings. The van der Waals surface area contributed by atoms with Gasteiger partial charge in [0.2, 0.25) is 5.91 Å². The molecule has 4 rings (SSSR count). The van der Waals surface area contributed by atoms with Crippen LogP contribution in [0.4, 0.5) is 17.1 Å². The molecule has 0 unspecified atom stereocenters. The normalized spacial score (nSPS) is 13.4. The van der Waals surface area contributed by atoms with E-state index in [0.29, 0.717) is 22.0 Å². The summed E-state index contributed by atoms with van der Waals surface area (Å²) in [6.07, 6.45) is 0.1000. The van der Waals surface area contributed by atoms with E-state index >= 15 is 0 Å². The van der Waals surface area contributed by atoms with Crippen LogP contribution in [-0.4, -0.2) is 22.7 Å². The van der Waals surface area contributed by atoms with Gasteiger partial charge in [0.05, 0.1) is 21.9 Å². The zero-order valence-corrected chi connectivity index (χ0v) is 18.2. The Labute approximate surface area is 184 Å². The van der Waals surface area contributed by atoms with Crippen LogP contribution >= 0.6 is 11.6 Å². The van der Waals surface area contributed by atoms with E-state index in [2.05, 4.69) is 14.8 Å². The number of hydrogen-bond donors (Lipinski definition) is 3. The summed E-state index contributed by atoms with van der Waals surface area (Å²) in [5.74, 6) is -0.205. The third kappa shape index (κ3) is 4.66. The van der Waals surface area contributed by atoms with Gasteiger partial charge < -0.3 is 5.32 Å². The lowest BCUT2D eigenvalue weighted by Crippen LogP contribution is -2.15. The Morgan fingerprint density at radius 2 is 1.42 bits per heavy atom. The molecule has 0 atom stereocenters. The van der Waals surface area contributed by atoms with E-state index in [4.69, 9.17) is 11.6 Å². The quantitative estimate of drug-likeness (QED) is 0.502. The number of benzene rings is 3. The molecule has 1 heterocycles. The van der Waals surface area contributed by atoms with Gasteiger partial charge in [0.25, 0.3) is 20.0 Å². The molecule has 31 heavy (non-hydrogen) atoms. The summed E-state index contributed by atoms with van der Waals surface area (Å²) in [7, 11) is -7.95. The first-order valence-corrected chi connectivity index (χ1v) is 12.3. The smallest absolute Gasteiger partial charge is 0.261 e. The van der Waals surface area contributed by atoms with Gasteiger partial charge in [0, 0.05) is 16.4 Å². The molecule has 3 N–H and O–H groups in total. The molecule has 0 aliphatic carbocycles. The SMILES string of the molecule is O=C1Cc2cc(S(=O)(=O)Nc3cccc(S(=O)(=O)Nc4ccc(Cl)cc4)c3)ccc2N1. The molecule has 1 amide bonds. The van der Waals surface area contributed by atoms with Crippen LogP contribution in [0.5, 0.6) is 0 Å². The highest BCUT2D eigenvalue weighted by Crippen LogP contribution is 2.27. The van der Waals surface area contributed by atoms with Crippen molar-refractivity contribution in [3.05, 3.63) is 77.3 Å². The Balaban J connectivity index is 1.57. The van der Waals surface area contributed by atoms with E-state index in [1.807, 2.05) is 0 Å². The molecule has 11 heteroatoms. The second-order valence-corrected chi connectivity index (χ2v) is 10.6. The molecule has 0 fully saturated rings. The van der Waals surface area contributed by atoms with Crippen LogP contribution in [0.2, 0.25) is 5.02 Å². The van der Waals surface area contributed by atoms with E-state index in [9.17, 15) is 21.6 Å². The topological polar surface area (TPSA) is 121 Å². The number of carbonyl (C=O) groups excluding carboxylic acids is 1. The number of hydrogen-bond acceptors (Lipinski definition) is 5. The molecular weight excluding hydrogens is 462 g/mol. The Hall–Kier alpha value is -3.08. The third-order valence-corrected chi connectivity index (χ3v) is 7.52. The Morgan fingerprint density at radius 3 is 2.13 bits per heavy atom. The van der Waals surface area contributed by atoms with Gasteiger partial charge in [-0.25, -0.2) is 16.8 Å². The fourth-order valence-corrected chi connectivity index (χ4v) is 5.38. The summed E-state index contributed by atoms with van der Waals surface area (Å²) in [5, 5.41) is 3.10. The number of carbonyl (C=O) groups is 1. The average Bonchev–Trinajstić information content (AvgIpc) is 3.09. The average molecular weight is 478 g/mol. The number of anilines is 3. The van der Waals surface area contributed by atoms with E-state index in [1.165, 1.54) is 54.6 Å². The molecule has 0 aromatic heterocycles. The predicted octanol–water partition coefficient (Wildman–Crippen LogP) is 3.44. The lowest BCUT2D eigenvalue weighted by molar-refractivity contribution is -0.115. The van der Waals surface area contributed by atoms with Crippen LogP contribution in [0, 0.1) is 0 Å². The summed E-state index contributed by atoms with van der Waals surface area (Å²) >= 11 is 5.81. The molecule has 0 bridgehead atoms. The van der Waals surface area contributed by atoms with Crippen LogP contribution < -0.4 is 14.8 Å². The minimum Gasteiger partial charge on any atom is -0.326 e. The highest BCUT2D eigenvalue weighted by atomic mass is 35.5. The third-order valence-electron chi connectivity index (χ3n) is 4.51. The van der Waals surface area contributed by atoms with Gasteiger partial charge in [-0.2, -0.15) is 0 Å². The van der Waals surface area contributed by atoms with Gasteiger partial charge in [-0.1, -0.05) is 17.7 Å². The van der Waals surface area contributed by atoms with Gasteiger partial charge in [-0.05, 0) is 66.2 Å². The van der Waals surface area contributed by atoms with Crippen LogP contribution in [0.1, 0.15) is 5.56 Å². The van der Waals surface area contributed by atoms with Crippen LogP contribution in [-0.2, 0) is 31.3 Å². The van der Waals surface area contributed by atoms with E-state index < -0.39 is 20.0 Å². The number of fused-ring (bicyclic) bond motifs is 1. The zero-order chi connectivity index (χ0) is 22.2. The molecule has 3 aromatic rings. The summed E-state index contributed by atoms with van der Waals surface area (Å²) in [4.78, 5) is 11.3. The molecule has 0 spiro atoms. The summed E-state index contributed by atoms with van der Waals surface area (Å²) in [5.41, 5.74) is 1.55. The molecule has 0 radical (unpaired) electrons. The van der Waals surface area contributed by atoms with Gasteiger partial charge >= 0.3 is 0 Å². The highest BCUT2D eigenvalue weighted by Gasteiger charge is 2.22. The number of sulfonamides is 2. The fourth-order valence-electron chi connectivity index (χ4n) is 3.05. The van der Waals surface area contributed by atoms with Crippen molar-refractivity contribution in [3.63, 3.8) is 0 Å². The van der Waals surface area contributed by atoms with Crippen molar-refractivity contribution >= 4 is 54.6 Å². The second-order valence-electron chi connectivity index (χ2n) is 6.79. The van der Waals surface area contributed by atoms with Crippen molar-refractivity contribution in [2.24, 2.45) is 0 Å². The largest absolute Gasteiger partial charge is 0.326 e. The predicted molar refractivity (Wildman–Crippen MR) is 118 cm³/mol. The van der Waals surface area contributed by atoms with Crippen molar-refractivity contribution in [1.29, 1.82) is 0 Å². The first-order valence-electron chi connectivity index (χ1n) is 8.96. The molecule has 8 nitrogen and oxygen atoms in total. The van der Waals surface area contributed by atoms with Crippen molar-refractivity contribution in [1.82, 2.24) is 0 Å². The van der Waals surface area contributed by atoms with Crippen LogP contribution in [0.25, 0.3) is 0 Å². The van der Waals surface area contributed by atoms with E-state index in [-0.39, 0.29) is 27.8 Å². The molecule has 0 saturated heterocycles. The Morgan fingerprint density at radius 1 is 0.774 bits per heavy atom. The monoisotopic (exact) mass is 477 g/mol. The second kappa shape index (κ2) is 7.88. The molecule has 0 saturated carbocycles. The van der Waals surface area contributed by atoms with Crippen molar-refractivity contribution in [2.75, 3.05) is 14.8 Å². The van der Waals surface area contributed by atoms with E-state index in [1.54, 1.807) is 12.1 Å². The maximum atomic E-state index is 12.8. The Bertz CT molecular complexity index is 1390. The number of amides is 1. The molecule has 3 aromatic carbocycles. The molecule has 1 aliphatic heterocycles. The van der Waals surface area contributed by atoms with Crippen molar-refractivity contribution in [2.45, 2.75) is 16.2 Å². The summed E-state index contributed by atoms with van der Waals surface area (Å²) in [6, 6.07) is 15.9. The maximum absolute atomic E-state index is 12.8. The molecular formula is C20H16ClN3O5S2. The number of halogens is 1.